The van der Waals surface area contributed by atoms with Crippen LogP contribution in [-0.4, -0.2) is 72.5 Å². The molecule has 2 amide bonds. The van der Waals surface area contributed by atoms with E-state index in [2.05, 4.69) is 15.2 Å². The lowest BCUT2D eigenvalue weighted by molar-refractivity contribution is -0.138. The molecule has 2 N–H and O–H groups in total. The van der Waals surface area contributed by atoms with Crippen molar-refractivity contribution in [3.05, 3.63) is 35.9 Å². The van der Waals surface area contributed by atoms with E-state index in [4.69, 9.17) is 14.2 Å². The van der Waals surface area contributed by atoms with E-state index in [1.807, 2.05) is 58.0 Å². The second-order valence-electron chi connectivity index (χ2n) is 13.7. The van der Waals surface area contributed by atoms with Gasteiger partial charge in [-0.15, -0.1) is 0 Å². The first-order valence-corrected chi connectivity index (χ1v) is 17.4. The van der Waals surface area contributed by atoms with Crippen molar-refractivity contribution in [1.82, 2.24) is 10.6 Å². The molecular weight excluding hydrogens is 655 g/mol. The summed E-state index contributed by atoms with van der Waals surface area (Å²) in [6.45, 7) is 11.6. The predicted octanol–water partition coefficient (Wildman–Crippen LogP) is 4.93. The van der Waals surface area contributed by atoms with E-state index >= 15 is 0 Å². The van der Waals surface area contributed by atoms with E-state index in [-0.39, 0.29) is 42.9 Å². The fraction of sp³-hybridized carbons (Fsp3) is 0.657. The average molecular weight is 707 g/mol. The molecule has 1 fully saturated rings. The lowest BCUT2D eigenvalue weighted by atomic mass is 9.88. The van der Waals surface area contributed by atoms with Crippen LogP contribution in [0.15, 0.2) is 30.3 Å². The van der Waals surface area contributed by atoms with Crippen molar-refractivity contribution < 1.29 is 52.1 Å². The Morgan fingerprint density at radius 3 is 2.04 bits per heavy atom. The molecule has 1 aromatic rings. The van der Waals surface area contributed by atoms with Gasteiger partial charge in [-0.1, -0.05) is 58.0 Å². The van der Waals surface area contributed by atoms with E-state index in [0.717, 1.165) is 5.56 Å². The summed E-state index contributed by atoms with van der Waals surface area (Å²) in [5, 5.41) is 5.59. The Balaban J connectivity index is 2.31. The van der Waals surface area contributed by atoms with E-state index in [9.17, 15) is 33.3 Å². The SMILES string of the molecule is CC(=O)C[C@@H](CCc1ccccc1)C(=O)N[C@@H](CC(C)C)C(=O)C[C@H](C(=O)N[C@@H](CC(C)C)C(=O)[C@@]1(C)CO1)[C@@H](C)OC(=O)OCOP=O. The number of amides is 2. The Hall–Kier alpha value is -3.54. The molecule has 0 aliphatic carbocycles. The van der Waals surface area contributed by atoms with E-state index in [1.165, 1.54) is 13.8 Å². The Morgan fingerprint density at radius 2 is 1.49 bits per heavy atom. The molecule has 0 unspecified atom stereocenters. The fourth-order valence-electron chi connectivity index (χ4n) is 5.49. The molecule has 2 rings (SSSR count). The molecule has 0 bridgehead atoms. The highest BCUT2D eigenvalue weighted by Crippen LogP contribution is 2.30. The summed E-state index contributed by atoms with van der Waals surface area (Å²) in [6.07, 6.45) is -1.41. The summed E-state index contributed by atoms with van der Waals surface area (Å²) >= 11 is 0. The van der Waals surface area contributed by atoms with Crippen LogP contribution in [-0.2, 0) is 53.7 Å². The number of epoxide rings is 1. The molecule has 1 aliphatic rings. The van der Waals surface area contributed by atoms with Crippen molar-refractivity contribution in [3.8, 4) is 0 Å². The van der Waals surface area contributed by atoms with Crippen LogP contribution in [0.25, 0.3) is 0 Å². The second-order valence-corrected chi connectivity index (χ2v) is 14.1. The molecule has 0 spiro atoms. The maximum absolute atomic E-state index is 13.9. The van der Waals surface area contributed by atoms with Crippen molar-refractivity contribution in [1.29, 1.82) is 0 Å². The Bertz CT molecular complexity index is 1300. The largest absolute Gasteiger partial charge is 0.510 e. The number of hydrogen-bond donors (Lipinski definition) is 2. The average Bonchev–Trinajstić information content (AvgIpc) is 3.78. The third kappa shape index (κ3) is 14.9. The topological polar surface area (TPSA) is 184 Å². The van der Waals surface area contributed by atoms with Crippen LogP contribution in [0.3, 0.4) is 0 Å². The zero-order chi connectivity index (χ0) is 36.7. The number of aryl methyl sites for hydroxylation is 1. The lowest BCUT2D eigenvalue weighted by Gasteiger charge is -2.28. The summed E-state index contributed by atoms with van der Waals surface area (Å²) in [5.74, 6) is -4.09. The Kier molecular flexibility index (Phi) is 17.2. The van der Waals surface area contributed by atoms with Gasteiger partial charge in [0, 0.05) is 18.8 Å². The third-order valence-electron chi connectivity index (χ3n) is 8.27. The first-order chi connectivity index (χ1) is 23.1. The fourth-order valence-corrected chi connectivity index (χ4v) is 5.58. The number of carbonyl (C=O) groups excluding carboxylic acids is 6. The minimum absolute atomic E-state index is 0.00271. The Morgan fingerprint density at radius 1 is 0.898 bits per heavy atom. The zero-order valence-electron chi connectivity index (χ0n) is 29.5. The zero-order valence-corrected chi connectivity index (χ0v) is 30.4. The third-order valence-corrected chi connectivity index (χ3v) is 8.48. The van der Waals surface area contributed by atoms with Crippen LogP contribution < -0.4 is 10.6 Å². The first-order valence-electron chi connectivity index (χ1n) is 16.7. The number of Topliss-reactive ketones (excluding diaryl/α,β-unsaturated/α-hetero) is 3. The van der Waals surface area contributed by atoms with Crippen LogP contribution in [0.2, 0.25) is 0 Å². The summed E-state index contributed by atoms with van der Waals surface area (Å²) in [4.78, 5) is 79.0. The van der Waals surface area contributed by atoms with Crippen molar-refractivity contribution in [2.45, 2.75) is 111 Å². The van der Waals surface area contributed by atoms with Gasteiger partial charge in [-0.3, -0.25) is 23.7 Å². The number of benzene rings is 1. The molecule has 1 aliphatic heterocycles. The van der Waals surface area contributed by atoms with Gasteiger partial charge in [-0.2, -0.15) is 0 Å². The number of rotatable bonds is 23. The van der Waals surface area contributed by atoms with Gasteiger partial charge in [-0.05, 0) is 63.9 Å². The van der Waals surface area contributed by atoms with Crippen molar-refractivity contribution in [3.63, 3.8) is 0 Å². The highest BCUT2D eigenvalue weighted by Gasteiger charge is 2.50. The molecule has 14 heteroatoms. The Labute approximate surface area is 290 Å². The molecule has 1 heterocycles. The second kappa shape index (κ2) is 20.2. The highest BCUT2D eigenvalue weighted by molar-refractivity contribution is 7.17. The summed E-state index contributed by atoms with van der Waals surface area (Å²) in [7, 11) is -0.718. The van der Waals surface area contributed by atoms with Crippen molar-refractivity contribution in [2.75, 3.05) is 13.4 Å². The van der Waals surface area contributed by atoms with Gasteiger partial charge in [0.25, 0.3) is 0 Å². The molecule has 1 aromatic carbocycles. The maximum atomic E-state index is 13.9. The molecule has 0 saturated carbocycles. The van der Waals surface area contributed by atoms with Crippen molar-refractivity contribution in [2.24, 2.45) is 23.7 Å². The number of nitrogens with one attached hydrogen (secondary N) is 2. The number of ether oxygens (including phenoxy) is 3. The molecule has 0 radical (unpaired) electrons. The van der Waals surface area contributed by atoms with Gasteiger partial charge in [-0.25, -0.2) is 9.36 Å². The number of ketones is 3. The van der Waals surface area contributed by atoms with Gasteiger partial charge in [0.05, 0.1) is 24.6 Å². The van der Waals surface area contributed by atoms with Crippen molar-refractivity contribution >= 4 is 44.0 Å². The summed E-state index contributed by atoms with van der Waals surface area (Å²) < 4.78 is 30.3. The van der Waals surface area contributed by atoms with Gasteiger partial charge in [0.15, 0.2) is 11.6 Å². The van der Waals surface area contributed by atoms with E-state index < -0.39 is 81.3 Å². The van der Waals surface area contributed by atoms with Crippen LogP contribution in [0.4, 0.5) is 4.79 Å². The quantitative estimate of drug-likeness (QED) is 0.0517. The standard InChI is InChI=1S/C35H51N2O11P/c1-21(2)15-28(36-32(41)26(17-23(5)38)14-13-25-11-9-8-10-12-25)30(39)18-27(24(6)48-34(43)45-20-47-49-44)33(42)37-29(16-22(3)4)31(40)35(7)19-46-35/h8-12,21-22,24,26-29H,13-20H2,1-7H3,(H,36,41)(H,37,42)/t24-,26-,27+,28+,29+,35-/m1/s1. The molecule has 6 atom stereocenters. The summed E-state index contributed by atoms with van der Waals surface area (Å²) in [5.41, 5.74) is -0.00940. The summed E-state index contributed by atoms with van der Waals surface area (Å²) in [6, 6.07) is 7.61. The highest BCUT2D eigenvalue weighted by atomic mass is 31.1. The van der Waals surface area contributed by atoms with Gasteiger partial charge >= 0.3 is 14.8 Å². The van der Waals surface area contributed by atoms with E-state index in [0.29, 0.717) is 19.3 Å². The smallest absolute Gasteiger partial charge is 0.430 e. The van der Waals surface area contributed by atoms with Crippen LogP contribution in [0.5, 0.6) is 0 Å². The maximum Gasteiger partial charge on any atom is 0.510 e. The molecule has 0 aromatic heterocycles. The lowest BCUT2D eigenvalue weighted by Crippen LogP contribution is -2.51. The minimum atomic E-state index is -1.29. The molecule has 1 saturated heterocycles. The van der Waals surface area contributed by atoms with Gasteiger partial charge < -0.3 is 29.6 Å². The molecule has 272 valence electrons. The number of hydrogen-bond acceptors (Lipinski definition) is 11. The number of carbonyl (C=O) groups is 6. The predicted molar refractivity (Wildman–Crippen MR) is 179 cm³/mol. The van der Waals surface area contributed by atoms with Gasteiger partial charge in [0.2, 0.25) is 18.6 Å². The normalized spacial score (nSPS) is 18.6. The van der Waals surface area contributed by atoms with E-state index in [1.54, 1.807) is 6.92 Å². The monoisotopic (exact) mass is 706 g/mol. The molecule has 13 nitrogen and oxygen atoms in total. The first kappa shape index (κ1) is 41.6. The van der Waals surface area contributed by atoms with Gasteiger partial charge in [0.1, 0.15) is 17.5 Å². The minimum Gasteiger partial charge on any atom is -0.430 e. The van der Waals surface area contributed by atoms with Crippen LogP contribution >= 0.6 is 8.69 Å². The molecular formula is C35H51N2O11P. The van der Waals surface area contributed by atoms with Crippen LogP contribution in [0, 0.1) is 23.7 Å². The van der Waals surface area contributed by atoms with Crippen LogP contribution in [0.1, 0.15) is 86.1 Å². The molecule has 49 heavy (non-hydrogen) atoms.